The Morgan fingerprint density at radius 2 is 2.14 bits per heavy atom. The molecule has 0 saturated carbocycles. The van der Waals surface area contributed by atoms with Gasteiger partial charge in [0, 0.05) is 11.4 Å². The molecular weight excluding hydrogens is 306 g/mol. The molecule has 1 aliphatic heterocycles. The average Bonchev–Trinajstić information content (AvgIpc) is 2.87. The maximum absolute atomic E-state index is 5.99. The Bertz CT molecular complexity index is 665. The molecule has 0 saturated heterocycles. The van der Waals surface area contributed by atoms with Gasteiger partial charge in [-0.3, -0.25) is 0 Å². The first-order chi connectivity index (χ1) is 10.1. The topological polar surface area (TPSA) is 44.5 Å². The number of hydrogen-bond acceptors (Lipinski definition) is 3. The number of para-hydroxylation sites is 1. The van der Waals surface area contributed by atoms with Crippen LogP contribution in [0.1, 0.15) is 11.1 Å². The van der Waals surface area contributed by atoms with Crippen LogP contribution in [0.4, 0.5) is 0 Å². The van der Waals surface area contributed by atoms with Gasteiger partial charge in [0.15, 0.2) is 0 Å². The molecule has 3 rings (SSSR count). The SMILES string of the molecule is NC(=S)c1ccc(Cl)cc1OCC1Cc2ccccc2O1. The summed E-state index contributed by atoms with van der Waals surface area (Å²) in [6.07, 6.45) is 0.819. The molecule has 2 N–H and O–H groups in total. The van der Waals surface area contributed by atoms with Gasteiger partial charge in [-0.25, -0.2) is 0 Å². The van der Waals surface area contributed by atoms with E-state index in [2.05, 4.69) is 6.07 Å². The number of hydrogen-bond donors (Lipinski definition) is 1. The third-order valence-corrected chi connectivity index (χ3v) is 3.80. The number of thiocarbonyl (C=S) groups is 1. The zero-order chi connectivity index (χ0) is 14.8. The molecule has 21 heavy (non-hydrogen) atoms. The Morgan fingerprint density at radius 1 is 1.33 bits per heavy atom. The summed E-state index contributed by atoms with van der Waals surface area (Å²) in [7, 11) is 0. The first-order valence-electron chi connectivity index (χ1n) is 6.60. The molecule has 0 bridgehead atoms. The van der Waals surface area contributed by atoms with Gasteiger partial charge in [0.05, 0.1) is 5.56 Å². The Kier molecular flexibility index (Phi) is 3.99. The molecule has 0 aromatic heterocycles. The van der Waals surface area contributed by atoms with Crippen molar-refractivity contribution in [1.29, 1.82) is 0 Å². The molecule has 1 atom stereocenters. The maximum atomic E-state index is 5.99. The number of fused-ring (bicyclic) bond motifs is 1. The lowest BCUT2D eigenvalue weighted by Gasteiger charge is -2.15. The molecule has 108 valence electrons. The molecule has 0 radical (unpaired) electrons. The summed E-state index contributed by atoms with van der Waals surface area (Å²) >= 11 is 11.0. The van der Waals surface area contributed by atoms with E-state index in [0.717, 1.165) is 12.2 Å². The van der Waals surface area contributed by atoms with Crippen LogP contribution < -0.4 is 15.2 Å². The lowest BCUT2D eigenvalue weighted by atomic mass is 10.1. The molecule has 2 aromatic carbocycles. The van der Waals surface area contributed by atoms with Crippen LogP contribution in [0.5, 0.6) is 11.5 Å². The van der Waals surface area contributed by atoms with Crippen molar-refractivity contribution >= 4 is 28.8 Å². The smallest absolute Gasteiger partial charge is 0.137 e. The fraction of sp³-hybridized carbons (Fsp3) is 0.188. The van der Waals surface area contributed by atoms with Crippen LogP contribution in [-0.4, -0.2) is 17.7 Å². The molecule has 1 unspecified atom stereocenters. The highest BCUT2D eigenvalue weighted by Gasteiger charge is 2.23. The van der Waals surface area contributed by atoms with E-state index < -0.39 is 0 Å². The second kappa shape index (κ2) is 5.92. The van der Waals surface area contributed by atoms with Crippen LogP contribution in [0.3, 0.4) is 0 Å². The normalized spacial score (nSPS) is 16.1. The molecule has 0 spiro atoms. The highest BCUT2D eigenvalue weighted by atomic mass is 35.5. The number of benzene rings is 2. The van der Waals surface area contributed by atoms with Gasteiger partial charge < -0.3 is 15.2 Å². The van der Waals surface area contributed by atoms with Gasteiger partial charge in [-0.1, -0.05) is 42.0 Å². The van der Waals surface area contributed by atoms with E-state index in [1.165, 1.54) is 5.56 Å². The number of ether oxygens (including phenoxy) is 2. The molecule has 0 aliphatic carbocycles. The third kappa shape index (κ3) is 3.12. The predicted octanol–water partition coefficient (Wildman–Crippen LogP) is 3.36. The van der Waals surface area contributed by atoms with Crippen molar-refractivity contribution in [3.8, 4) is 11.5 Å². The molecule has 1 aliphatic rings. The summed E-state index contributed by atoms with van der Waals surface area (Å²) in [6, 6.07) is 13.2. The van der Waals surface area contributed by atoms with Crippen molar-refractivity contribution in [2.75, 3.05) is 6.61 Å². The number of nitrogens with two attached hydrogens (primary N) is 1. The van der Waals surface area contributed by atoms with Crippen molar-refractivity contribution in [3.63, 3.8) is 0 Å². The highest BCUT2D eigenvalue weighted by molar-refractivity contribution is 7.80. The van der Waals surface area contributed by atoms with E-state index in [9.17, 15) is 0 Å². The third-order valence-electron chi connectivity index (χ3n) is 3.35. The van der Waals surface area contributed by atoms with Crippen LogP contribution in [0.15, 0.2) is 42.5 Å². The minimum Gasteiger partial charge on any atom is -0.489 e. The van der Waals surface area contributed by atoms with E-state index in [-0.39, 0.29) is 11.1 Å². The Morgan fingerprint density at radius 3 is 2.90 bits per heavy atom. The summed E-state index contributed by atoms with van der Waals surface area (Å²) in [5, 5.41) is 0.584. The van der Waals surface area contributed by atoms with E-state index in [0.29, 0.717) is 22.9 Å². The van der Waals surface area contributed by atoms with Gasteiger partial charge in [0.25, 0.3) is 0 Å². The minimum atomic E-state index is -0.0134. The second-order valence-corrected chi connectivity index (χ2v) is 5.74. The van der Waals surface area contributed by atoms with Crippen molar-refractivity contribution in [2.45, 2.75) is 12.5 Å². The zero-order valence-electron chi connectivity index (χ0n) is 11.2. The molecule has 3 nitrogen and oxygen atoms in total. The quantitative estimate of drug-likeness (QED) is 0.878. The lowest BCUT2D eigenvalue weighted by Crippen LogP contribution is -2.23. The monoisotopic (exact) mass is 319 g/mol. The highest BCUT2D eigenvalue weighted by Crippen LogP contribution is 2.29. The first kappa shape index (κ1) is 14.2. The van der Waals surface area contributed by atoms with Gasteiger partial charge in [-0.15, -0.1) is 0 Å². The first-order valence-corrected chi connectivity index (χ1v) is 7.39. The van der Waals surface area contributed by atoms with Crippen molar-refractivity contribution < 1.29 is 9.47 Å². The van der Waals surface area contributed by atoms with Crippen molar-refractivity contribution in [1.82, 2.24) is 0 Å². The average molecular weight is 320 g/mol. The fourth-order valence-electron chi connectivity index (χ4n) is 2.35. The number of halogens is 1. The lowest BCUT2D eigenvalue weighted by molar-refractivity contribution is 0.148. The molecule has 2 aromatic rings. The Labute approximate surface area is 133 Å². The molecular formula is C16H14ClNO2S. The standard InChI is InChI=1S/C16H14ClNO2S/c17-11-5-6-13(16(18)21)15(8-11)19-9-12-7-10-3-1-2-4-14(10)20-12/h1-6,8,12H,7,9H2,(H2,18,21). The van der Waals surface area contributed by atoms with Crippen LogP contribution in [0.2, 0.25) is 5.02 Å². The molecule has 5 heteroatoms. The van der Waals surface area contributed by atoms with E-state index in [1.807, 2.05) is 18.2 Å². The van der Waals surface area contributed by atoms with Crippen molar-refractivity contribution in [3.05, 3.63) is 58.6 Å². The Balaban J connectivity index is 1.69. The predicted molar refractivity (Wildman–Crippen MR) is 87.4 cm³/mol. The van der Waals surface area contributed by atoms with Crippen molar-refractivity contribution in [2.24, 2.45) is 5.73 Å². The summed E-state index contributed by atoms with van der Waals surface area (Å²) in [4.78, 5) is 0.289. The Hall–Kier alpha value is -1.78. The zero-order valence-corrected chi connectivity index (χ0v) is 12.8. The summed E-state index contributed by atoms with van der Waals surface area (Å²) < 4.78 is 11.7. The van der Waals surface area contributed by atoms with Gasteiger partial charge in [-0.2, -0.15) is 0 Å². The van der Waals surface area contributed by atoms with Crippen LogP contribution in [0.25, 0.3) is 0 Å². The second-order valence-electron chi connectivity index (χ2n) is 4.87. The minimum absolute atomic E-state index is 0.0134. The van der Waals surface area contributed by atoms with E-state index in [4.69, 9.17) is 39.0 Å². The van der Waals surface area contributed by atoms with Crippen LogP contribution >= 0.6 is 23.8 Å². The van der Waals surface area contributed by atoms with E-state index >= 15 is 0 Å². The summed E-state index contributed by atoms with van der Waals surface area (Å²) in [5.41, 5.74) is 7.58. The summed E-state index contributed by atoms with van der Waals surface area (Å²) in [5.74, 6) is 1.52. The number of rotatable bonds is 4. The van der Waals surface area contributed by atoms with E-state index in [1.54, 1.807) is 18.2 Å². The van der Waals surface area contributed by atoms with Gasteiger partial charge in [0.1, 0.15) is 29.2 Å². The summed E-state index contributed by atoms with van der Waals surface area (Å²) in [6.45, 7) is 0.421. The largest absolute Gasteiger partial charge is 0.489 e. The van der Waals surface area contributed by atoms with Crippen LogP contribution in [-0.2, 0) is 6.42 Å². The van der Waals surface area contributed by atoms with Gasteiger partial charge in [-0.05, 0) is 29.8 Å². The maximum Gasteiger partial charge on any atom is 0.137 e. The molecule has 0 amide bonds. The van der Waals surface area contributed by atoms with Gasteiger partial charge >= 0.3 is 0 Å². The molecule has 1 heterocycles. The fourth-order valence-corrected chi connectivity index (χ4v) is 2.68. The van der Waals surface area contributed by atoms with Crippen LogP contribution in [0, 0.1) is 0 Å². The van der Waals surface area contributed by atoms with Gasteiger partial charge in [0.2, 0.25) is 0 Å². The molecule has 0 fully saturated rings.